The second kappa shape index (κ2) is 9.50. The number of carbonyl (C=O) groups excluding carboxylic acids is 2. The predicted octanol–water partition coefficient (Wildman–Crippen LogP) is 4.58. The van der Waals surface area contributed by atoms with E-state index in [0.29, 0.717) is 12.0 Å². The van der Waals surface area contributed by atoms with Crippen molar-refractivity contribution in [2.75, 3.05) is 5.32 Å². The Labute approximate surface area is 178 Å². The van der Waals surface area contributed by atoms with Crippen molar-refractivity contribution >= 4 is 40.1 Å². The van der Waals surface area contributed by atoms with Crippen LogP contribution in [0.4, 0.5) is 5.69 Å². The van der Waals surface area contributed by atoms with E-state index >= 15 is 0 Å². The summed E-state index contributed by atoms with van der Waals surface area (Å²) >= 11 is 2.24. The number of carbonyl (C=O) groups is 2. The number of halogens is 1. The molecule has 5 heteroatoms. The molecule has 0 aliphatic rings. The number of rotatable bonds is 6. The maximum atomic E-state index is 13.0. The molecule has 3 rings (SSSR count). The monoisotopic (exact) mass is 484 g/mol. The summed E-state index contributed by atoms with van der Waals surface area (Å²) in [5.74, 6) is -0.506. The van der Waals surface area contributed by atoms with E-state index in [2.05, 4.69) is 33.2 Å². The molecule has 1 atom stereocenters. The van der Waals surface area contributed by atoms with E-state index in [0.717, 1.165) is 20.4 Å². The van der Waals surface area contributed by atoms with Gasteiger partial charge in [0, 0.05) is 21.2 Å². The molecule has 3 aromatic rings. The van der Waals surface area contributed by atoms with Crippen molar-refractivity contribution in [1.82, 2.24) is 5.32 Å². The van der Waals surface area contributed by atoms with Gasteiger partial charge in [0.25, 0.3) is 5.91 Å². The molecule has 0 saturated heterocycles. The lowest BCUT2D eigenvalue weighted by molar-refractivity contribution is -0.118. The maximum absolute atomic E-state index is 13.0. The first-order chi connectivity index (χ1) is 13.5. The lowest BCUT2D eigenvalue weighted by Gasteiger charge is -2.19. The van der Waals surface area contributed by atoms with Gasteiger partial charge in [0.2, 0.25) is 5.91 Å². The minimum absolute atomic E-state index is 0.238. The lowest BCUT2D eigenvalue weighted by atomic mass is 10.0. The molecule has 4 nitrogen and oxygen atoms in total. The van der Waals surface area contributed by atoms with Crippen molar-refractivity contribution in [2.24, 2.45) is 0 Å². The summed E-state index contributed by atoms with van der Waals surface area (Å²) in [6, 6.07) is 23.7. The third-order valence-corrected chi connectivity index (χ3v) is 5.06. The molecular weight excluding hydrogens is 463 g/mol. The first-order valence-corrected chi connectivity index (χ1v) is 10.1. The number of hydrogen-bond donors (Lipinski definition) is 2. The second-order valence-electron chi connectivity index (χ2n) is 6.53. The van der Waals surface area contributed by atoms with Crippen molar-refractivity contribution in [3.8, 4) is 0 Å². The van der Waals surface area contributed by atoms with Gasteiger partial charge in [-0.1, -0.05) is 48.5 Å². The zero-order chi connectivity index (χ0) is 19.9. The Morgan fingerprint density at radius 1 is 0.929 bits per heavy atom. The summed E-state index contributed by atoms with van der Waals surface area (Å²) in [5, 5.41) is 5.84. The smallest absolute Gasteiger partial charge is 0.251 e. The first-order valence-electron chi connectivity index (χ1n) is 9.00. The van der Waals surface area contributed by atoms with Crippen molar-refractivity contribution < 1.29 is 9.59 Å². The normalized spacial score (nSPS) is 11.5. The summed E-state index contributed by atoms with van der Waals surface area (Å²) in [4.78, 5) is 25.6. The van der Waals surface area contributed by atoms with Crippen molar-refractivity contribution in [2.45, 2.75) is 19.4 Å². The number of nitrogens with one attached hydrogen (secondary N) is 2. The molecule has 1 unspecified atom stereocenters. The Balaban J connectivity index is 1.80. The van der Waals surface area contributed by atoms with Crippen LogP contribution in [0.3, 0.4) is 0 Å². The summed E-state index contributed by atoms with van der Waals surface area (Å²) in [5.41, 5.74) is 3.24. The molecule has 0 fully saturated rings. The third-order valence-electron chi connectivity index (χ3n) is 4.39. The molecule has 0 spiro atoms. The van der Waals surface area contributed by atoms with Crippen LogP contribution in [0.2, 0.25) is 0 Å². The number of amides is 2. The average molecular weight is 484 g/mol. The van der Waals surface area contributed by atoms with Gasteiger partial charge in [-0.2, -0.15) is 0 Å². The molecule has 2 amide bonds. The topological polar surface area (TPSA) is 58.2 Å². The minimum Gasteiger partial charge on any atom is -0.340 e. The van der Waals surface area contributed by atoms with E-state index < -0.39 is 6.04 Å². The van der Waals surface area contributed by atoms with Gasteiger partial charge in [-0.05, 0) is 71.0 Å². The fourth-order valence-electron chi connectivity index (χ4n) is 2.88. The highest BCUT2D eigenvalue weighted by atomic mass is 127. The van der Waals surface area contributed by atoms with Crippen LogP contribution in [0.15, 0.2) is 78.9 Å². The average Bonchev–Trinajstić information content (AvgIpc) is 2.71. The van der Waals surface area contributed by atoms with Crippen LogP contribution in [0, 0.1) is 10.5 Å². The van der Waals surface area contributed by atoms with E-state index in [1.54, 1.807) is 24.3 Å². The van der Waals surface area contributed by atoms with Crippen molar-refractivity contribution in [1.29, 1.82) is 0 Å². The molecule has 0 aliphatic heterocycles. The minimum atomic E-state index is -0.686. The Bertz CT molecular complexity index is 959. The molecule has 0 heterocycles. The predicted molar refractivity (Wildman–Crippen MR) is 120 cm³/mol. The summed E-state index contributed by atoms with van der Waals surface area (Å²) < 4.78 is 1.10. The fourth-order valence-corrected chi connectivity index (χ4v) is 3.52. The molecule has 0 radical (unpaired) electrons. The van der Waals surface area contributed by atoms with Crippen LogP contribution in [0.1, 0.15) is 21.5 Å². The Hall–Kier alpha value is -2.67. The van der Waals surface area contributed by atoms with Gasteiger partial charge < -0.3 is 10.6 Å². The zero-order valence-electron chi connectivity index (χ0n) is 15.5. The van der Waals surface area contributed by atoms with E-state index in [1.807, 2.05) is 61.5 Å². The van der Waals surface area contributed by atoms with Gasteiger partial charge >= 0.3 is 0 Å². The number of aryl methyl sites for hydroxylation is 1. The van der Waals surface area contributed by atoms with Crippen LogP contribution < -0.4 is 10.6 Å². The van der Waals surface area contributed by atoms with Crippen LogP contribution in [0.5, 0.6) is 0 Å². The number of benzene rings is 3. The third kappa shape index (κ3) is 5.42. The van der Waals surface area contributed by atoms with Crippen LogP contribution in [-0.2, 0) is 11.2 Å². The molecule has 28 heavy (non-hydrogen) atoms. The van der Waals surface area contributed by atoms with E-state index in [-0.39, 0.29) is 11.8 Å². The first kappa shape index (κ1) is 20.1. The van der Waals surface area contributed by atoms with Gasteiger partial charge in [-0.3, -0.25) is 9.59 Å². The summed E-state index contributed by atoms with van der Waals surface area (Å²) in [6.07, 6.45) is 0.411. The summed E-state index contributed by atoms with van der Waals surface area (Å²) in [6.45, 7) is 1.95. The Morgan fingerprint density at radius 2 is 1.57 bits per heavy atom. The van der Waals surface area contributed by atoms with Crippen molar-refractivity contribution in [3.63, 3.8) is 0 Å². The molecule has 142 valence electrons. The molecule has 2 N–H and O–H groups in total. The Morgan fingerprint density at radius 3 is 2.21 bits per heavy atom. The SMILES string of the molecule is Cc1cc(I)ccc1NC(=O)C(Cc1ccccc1)NC(=O)c1ccccc1. The molecule has 0 aliphatic carbocycles. The molecule has 0 bridgehead atoms. The van der Waals surface area contributed by atoms with Gasteiger partial charge in [-0.15, -0.1) is 0 Å². The highest BCUT2D eigenvalue weighted by Crippen LogP contribution is 2.18. The van der Waals surface area contributed by atoms with Gasteiger partial charge in [0.15, 0.2) is 0 Å². The molecular formula is C23H21IN2O2. The van der Waals surface area contributed by atoms with Crippen molar-refractivity contribution in [3.05, 3.63) is 99.1 Å². The lowest BCUT2D eigenvalue weighted by Crippen LogP contribution is -2.45. The van der Waals surface area contributed by atoms with Gasteiger partial charge in [-0.25, -0.2) is 0 Å². The molecule has 3 aromatic carbocycles. The van der Waals surface area contributed by atoms with Crippen LogP contribution in [-0.4, -0.2) is 17.9 Å². The highest BCUT2D eigenvalue weighted by Gasteiger charge is 2.22. The maximum Gasteiger partial charge on any atom is 0.251 e. The van der Waals surface area contributed by atoms with Crippen LogP contribution in [0.25, 0.3) is 0 Å². The van der Waals surface area contributed by atoms with Crippen LogP contribution >= 0.6 is 22.6 Å². The van der Waals surface area contributed by atoms with Gasteiger partial charge in [0.05, 0.1) is 0 Å². The fraction of sp³-hybridized carbons (Fsp3) is 0.130. The second-order valence-corrected chi connectivity index (χ2v) is 7.78. The van der Waals surface area contributed by atoms with E-state index in [1.165, 1.54) is 0 Å². The number of anilines is 1. The zero-order valence-corrected chi connectivity index (χ0v) is 17.6. The highest BCUT2D eigenvalue weighted by molar-refractivity contribution is 14.1. The molecule has 0 saturated carbocycles. The quantitative estimate of drug-likeness (QED) is 0.504. The van der Waals surface area contributed by atoms with Gasteiger partial charge in [0.1, 0.15) is 6.04 Å². The Kier molecular flexibility index (Phi) is 6.81. The van der Waals surface area contributed by atoms with E-state index in [9.17, 15) is 9.59 Å². The largest absolute Gasteiger partial charge is 0.340 e. The number of hydrogen-bond acceptors (Lipinski definition) is 2. The standard InChI is InChI=1S/C23H21IN2O2/c1-16-14-19(24)12-13-20(16)25-23(28)21(15-17-8-4-2-5-9-17)26-22(27)18-10-6-3-7-11-18/h2-14,21H,15H2,1H3,(H,25,28)(H,26,27). The van der Waals surface area contributed by atoms with E-state index in [4.69, 9.17) is 0 Å². The summed E-state index contributed by atoms with van der Waals surface area (Å²) in [7, 11) is 0. The molecule has 0 aromatic heterocycles.